The zero-order chi connectivity index (χ0) is 16.8. The third-order valence-electron chi connectivity index (χ3n) is 4.41. The molecule has 134 valence electrons. The highest BCUT2D eigenvalue weighted by Crippen LogP contribution is 2.22. The number of carbonyl (C=O) groups excluding carboxylic acids is 1. The highest BCUT2D eigenvalue weighted by Gasteiger charge is 2.28. The molecule has 1 N–H and O–H groups in total. The molecular formula is C20H25ClN2O2. The van der Waals surface area contributed by atoms with Crippen LogP contribution in [0.5, 0.6) is 5.75 Å². The van der Waals surface area contributed by atoms with Crippen molar-refractivity contribution >= 4 is 18.3 Å². The van der Waals surface area contributed by atoms with Crippen molar-refractivity contribution in [2.24, 2.45) is 0 Å². The van der Waals surface area contributed by atoms with E-state index in [0.717, 1.165) is 37.2 Å². The molecule has 1 fully saturated rings. The lowest BCUT2D eigenvalue weighted by Crippen LogP contribution is -2.40. The monoisotopic (exact) mass is 360 g/mol. The number of hydrogen-bond donors (Lipinski definition) is 1. The van der Waals surface area contributed by atoms with Gasteiger partial charge in [-0.05, 0) is 43.7 Å². The van der Waals surface area contributed by atoms with Crippen LogP contribution in [-0.4, -0.2) is 37.0 Å². The molecule has 1 heterocycles. The van der Waals surface area contributed by atoms with Crippen LogP contribution in [0.1, 0.15) is 28.8 Å². The second kappa shape index (κ2) is 9.44. The number of benzene rings is 2. The summed E-state index contributed by atoms with van der Waals surface area (Å²) in [6.45, 7) is 2.18. The van der Waals surface area contributed by atoms with Gasteiger partial charge in [0.2, 0.25) is 0 Å². The SMILES string of the molecule is CNCC1CCCN1C(=O)c1cccc(OCc2ccccc2)c1.Cl. The summed E-state index contributed by atoms with van der Waals surface area (Å²) in [5, 5.41) is 3.18. The van der Waals surface area contributed by atoms with Crippen LogP contribution in [0, 0.1) is 0 Å². The van der Waals surface area contributed by atoms with Crippen molar-refractivity contribution in [2.45, 2.75) is 25.5 Å². The Morgan fingerprint density at radius 3 is 2.76 bits per heavy atom. The molecule has 25 heavy (non-hydrogen) atoms. The van der Waals surface area contributed by atoms with Crippen molar-refractivity contribution in [1.82, 2.24) is 10.2 Å². The van der Waals surface area contributed by atoms with E-state index in [9.17, 15) is 4.79 Å². The zero-order valence-corrected chi connectivity index (χ0v) is 15.3. The Labute approximate surface area is 155 Å². The molecule has 2 aromatic carbocycles. The van der Waals surface area contributed by atoms with Crippen LogP contribution in [0.2, 0.25) is 0 Å². The summed E-state index contributed by atoms with van der Waals surface area (Å²) in [5.41, 5.74) is 1.81. The molecule has 1 saturated heterocycles. The van der Waals surface area contributed by atoms with Gasteiger partial charge in [-0.1, -0.05) is 36.4 Å². The van der Waals surface area contributed by atoms with Gasteiger partial charge < -0.3 is 15.0 Å². The molecule has 2 aromatic rings. The van der Waals surface area contributed by atoms with Gasteiger partial charge in [0.25, 0.3) is 5.91 Å². The fraction of sp³-hybridized carbons (Fsp3) is 0.350. The number of nitrogens with zero attached hydrogens (tertiary/aromatic N) is 1. The summed E-state index contributed by atoms with van der Waals surface area (Å²) in [4.78, 5) is 14.8. The van der Waals surface area contributed by atoms with E-state index in [-0.39, 0.29) is 24.4 Å². The van der Waals surface area contributed by atoms with Crippen LogP contribution >= 0.6 is 12.4 Å². The van der Waals surface area contributed by atoms with E-state index < -0.39 is 0 Å². The van der Waals surface area contributed by atoms with Gasteiger partial charge in [0, 0.05) is 24.7 Å². The Bertz CT molecular complexity index is 678. The normalized spacial score (nSPS) is 16.4. The second-order valence-corrected chi connectivity index (χ2v) is 6.15. The first-order chi connectivity index (χ1) is 11.8. The average molecular weight is 361 g/mol. The molecule has 5 heteroatoms. The topological polar surface area (TPSA) is 41.6 Å². The van der Waals surface area contributed by atoms with Gasteiger partial charge in [-0.25, -0.2) is 0 Å². The maximum absolute atomic E-state index is 12.8. The van der Waals surface area contributed by atoms with Crippen LogP contribution < -0.4 is 10.1 Å². The molecule has 0 bridgehead atoms. The summed E-state index contributed by atoms with van der Waals surface area (Å²) < 4.78 is 5.84. The average Bonchev–Trinajstić information content (AvgIpc) is 3.09. The Morgan fingerprint density at radius 2 is 2.00 bits per heavy atom. The standard InChI is InChI=1S/C20H24N2O2.ClH/c1-21-14-18-10-6-12-22(18)20(23)17-9-5-11-19(13-17)24-15-16-7-3-2-4-8-16;/h2-5,7-9,11,13,18,21H,6,10,12,14-15H2,1H3;1H. The molecule has 0 radical (unpaired) electrons. The highest BCUT2D eigenvalue weighted by atomic mass is 35.5. The van der Waals surface area contributed by atoms with Gasteiger partial charge >= 0.3 is 0 Å². The number of likely N-dealkylation sites (N-methyl/N-ethyl adjacent to an activating group) is 1. The molecule has 1 amide bonds. The summed E-state index contributed by atoms with van der Waals surface area (Å²) in [6, 6.07) is 17.8. The fourth-order valence-corrected chi connectivity index (χ4v) is 3.18. The number of amides is 1. The van der Waals surface area contributed by atoms with Gasteiger partial charge in [0.1, 0.15) is 12.4 Å². The molecule has 4 nitrogen and oxygen atoms in total. The van der Waals surface area contributed by atoms with Crippen molar-refractivity contribution in [2.75, 3.05) is 20.1 Å². The lowest BCUT2D eigenvalue weighted by Gasteiger charge is -2.24. The minimum Gasteiger partial charge on any atom is -0.489 e. The van der Waals surface area contributed by atoms with Crippen molar-refractivity contribution in [3.8, 4) is 5.75 Å². The molecule has 0 spiro atoms. The molecular weight excluding hydrogens is 336 g/mol. The van der Waals surface area contributed by atoms with Crippen molar-refractivity contribution in [3.05, 3.63) is 65.7 Å². The number of nitrogens with one attached hydrogen (secondary N) is 1. The number of carbonyl (C=O) groups is 1. The van der Waals surface area contributed by atoms with E-state index in [2.05, 4.69) is 5.32 Å². The Kier molecular flexibility index (Phi) is 7.29. The first kappa shape index (κ1) is 19.3. The number of rotatable bonds is 6. The van der Waals surface area contributed by atoms with E-state index in [1.165, 1.54) is 0 Å². The zero-order valence-electron chi connectivity index (χ0n) is 14.5. The molecule has 0 aliphatic carbocycles. The van der Waals surface area contributed by atoms with Gasteiger partial charge in [0.15, 0.2) is 0 Å². The van der Waals surface area contributed by atoms with Gasteiger partial charge in [0.05, 0.1) is 0 Å². The maximum atomic E-state index is 12.8. The molecule has 1 unspecified atom stereocenters. The number of hydrogen-bond acceptors (Lipinski definition) is 3. The third-order valence-corrected chi connectivity index (χ3v) is 4.41. The molecule has 0 saturated carbocycles. The Hall–Kier alpha value is -2.04. The molecule has 1 aliphatic rings. The molecule has 1 aliphatic heterocycles. The van der Waals surface area contributed by atoms with Crippen LogP contribution in [0.15, 0.2) is 54.6 Å². The van der Waals surface area contributed by atoms with E-state index in [1.807, 2.05) is 66.5 Å². The predicted molar refractivity (Wildman–Crippen MR) is 102 cm³/mol. The van der Waals surface area contributed by atoms with Crippen molar-refractivity contribution < 1.29 is 9.53 Å². The van der Waals surface area contributed by atoms with Crippen LogP contribution in [0.4, 0.5) is 0 Å². The largest absolute Gasteiger partial charge is 0.489 e. The highest BCUT2D eigenvalue weighted by molar-refractivity contribution is 5.95. The number of ether oxygens (including phenoxy) is 1. The second-order valence-electron chi connectivity index (χ2n) is 6.15. The summed E-state index contributed by atoms with van der Waals surface area (Å²) in [6.07, 6.45) is 2.14. The molecule has 0 aromatic heterocycles. The van der Waals surface area contributed by atoms with Crippen molar-refractivity contribution in [1.29, 1.82) is 0 Å². The van der Waals surface area contributed by atoms with E-state index >= 15 is 0 Å². The minimum absolute atomic E-state index is 0. The van der Waals surface area contributed by atoms with Gasteiger partial charge in [-0.15, -0.1) is 12.4 Å². The van der Waals surface area contributed by atoms with Crippen molar-refractivity contribution in [3.63, 3.8) is 0 Å². The molecule has 3 rings (SSSR count). The summed E-state index contributed by atoms with van der Waals surface area (Å²) in [5.74, 6) is 0.826. The number of halogens is 1. The maximum Gasteiger partial charge on any atom is 0.254 e. The minimum atomic E-state index is 0. The predicted octanol–water partition coefficient (Wildman–Crippen LogP) is 3.51. The van der Waals surface area contributed by atoms with Gasteiger partial charge in [-0.3, -0.25) is 4.79 Å². The summed E-state index contributed by atoms with van der Waals surface area (Å²) in [7, 11) is 1.93. The smallest absolute Gasteiger partial charge is 0.254 e. The van der Waals surface area contributed by atoms with E-state index in [1.54, 1.807) is 0 Å². The lowest BCUT2D eigenvalue weighted by molar-refractivity contribution is 0.0736. The molecule has 1 atom stereocenters. The fourth-order valence-electron chi connectivity index (χ4n) is 3.18. The third kappa shape index (κ3) is 4.97. The first-order valence-corrected chi connectivity index (χ1v) is 8.50. The van der Waals surface area contributed by atoms with Crippen LogP contribution in [0.25, 0.3) is 0 Å². The summed E-state index contributed by atoms with van der Waals surface area (Å²) >= 11 is 0. The Balaban J connectivity index is 0.00000225. The quantitative estimate of drug-likeness (QED) is 0.857. The lowest BCUT2D eigenvalue weighted by atomic mass is 10.1. The first-order valence-electron chi connectivity index (χ1n) is 8.50. The van der Waals surface area contributed by atoms with E-state index in [0.29, 0.717) is 12.2 Å². The van der Waals surface area contributed by atoms with Crippen LogP contribution in [0.3, 0.4) is 0 Å². The Morgan fingerprint density at radius 1 is 1.20 bits per heavy atom. The van der Waals surface area contributed by atoms with Gasteiger partial charge in [-0.2, -0.15) is 0 Å². The van der Waals surface area contributed by atoms with Crippen LogP contribution in [-0.2, 0) is 6.61 Å². The van der Waals surface area contributed by atoms with E-state index in [4.69, 9.17) is 4.74 Å². The number of likely N-dealkylation sites (tertiary alicyclic amines) is 1.